The van der Waals surface area contributed by atoms with Crippen LogP contribution >= 0.6 is 0 Å². The Labute approximate surface area is 111 Å². The third-order valence-corrected chi connectivity index (χ3v) is 4.75. The summed E-state index contributed by atoms with van der Waals surface area (Å²) in [5.41, 5.74) is 3.53. The minimum Gasteiger partial charge on any atom is -0.295 e. The van der Waals surface area contributed by atoms with Crippen molar-refractivity contribution < 1.29 is 0 Å². The first kappa shape index (κ1) is 12.2. The molecular formula is C17H25N. The number of fused-ring (bicyclic) bond motifs is 2. The second kappa shape index (κ2) is 4.38. The van der Waals surface area contributed by atoms with Crippen LogP contribution < -0.4 is 0 Å². The highest BCUT2D eigenvalue weighted by atomic mass is 15.2. The van der Waals surface area contributed by atoms with E-state index in [9.17, 15) is 0 Å². The van der Waals surface area contributed by atoms with E-state index in [0.29, 0.717) is 5.54 Å². The van der Waals surface area contributed by atoms with Crippen molar-refractivity contribution in [2.75, 3.05) is 6.54 Å². The molecule has 0 N–H and O–H groups in total. The van der Waals surface area contributed by atoms with E-state index < -0.39 is 0 Å². The maximum absolute atomic E-state index is 2.76. The average Bonchev–Trinajstić information content (AvgIpc) is 2.26. The second-order valence-corrected chi connectivity index (χ2v) is 7.10. The van der Waals surface area contributed by atoms with Gasteiger partial charge in [0.2, 0.25) is 0 Å². The van der Waals surface area contributed by atoms with Crippen molar-refractivity contribution >= 4 is 0 Å². The highest BCUT2D eigenvalue weighted by Crippen LogP contribution is 2.35. The minimum absolute atomic E-state index is 0.315. The fraction of sp³-hybridized carbons (Fsp3) is 0.647. The van der Waals surface area contributed by atoms with Crippen LogP contribution in [0.5, 0.6) is 0 Å². The Balaban J connectivity index is 1.95. The highest BCUT2D eigenvalue weighted by Gasteiger charge is 2.36. The van der Waals surface area contributed by atoms with E-state index in [1.165, 1.54) is 32.2 Å². The van der Waals surface area contributed by atoms with Gasteiger partial charge in [-0.2, -0.15) is 0 Å². The van der Waals surface area contributed by atoms with Crippen LogP contribution in [0.1, 0.15) is 44.7 Å². The average molecular weight is 243 g/mol. The second-order valence-electron chi connectivity index (χ2n) is 7.10. The normalized spacial score (nSPS) is 28.6. The molecule has 1 nitrogen and oxygen atoms in total. The first-order valence-electron chi connectivity index (χ1n) is 7.37. The highest BCUT2D eigenvalue weighted by molar-refractivity contribution is 5.30. The van der Waals surface area contributed by atoms with Crippen LogP contribution in [0.15, 0.2) is 24.3 Å². The Kier molecular flexibility index (Phi) is 2.97. The summed E-state index contributed by atoms with van der Waals surface area (Å²) >= 11 is 0. The molecule has 1 saturated heterocycles. The van der Waals surface area contributed by atoms with Crippen LogP contribution in [-0.2, 0) is 12.8 Å². The smallest absolute Gasteiger partial charge is 0.0141 e. The summed E-state index contributed by atoms with van der Waals surface area (Å²) < 4.78 is 0. The van der Waals surface area contributed by atoms with Gasteiger partial charge < -0.3 is 0 Å². The van der Waals surface area contributed by atoms with E-state index in [4.69, 9.17) is 0 Å². The quantitative estimate of drug-likeness (QED) is 0.672. The predicted molar refractivity (Wildman–Crippen MR) is 76.8 cm³/mol. The zero-order valence-electron chi connectivity index (χ0n) is 11.9. The molecule has 2 aliphatic heterocycles. The fourth-order valence-corrected chi connectivity index (χ4v) is 3.82. The van der Waals surface area contributed by atoms with E-state index >= 15 is 0 Å². The van der Waals surface area contributed by atoms with Gasteiger partial charge in [0.05, 0.1) is 0 Å². The molecule has 4 rings (SSSR count). The lowest BCUT2D eigenvalue weighted by Crippen LogP contribution is -2.55. The zero-order chi connectivity index (χ0) is 12.8. The largest absolute Gasteiger partial charge is 0.295 e. The molecule has 0 saturated carbocycles. The third-order valence-electron chi connectivity index (χ3n) is 4.75. The number of piperidine rings is 1. The first-order chi connectivity index (χ1) is 8.54. The van der Waals surface area contributed by atoms with Crippen LogP contribution in [0.25, 0.3) is 0 Å². The molecule has 0 unspecified atom stereocenters. The van der Waals surface area contributed by atoms with E-state index in [1.54, 1.807) is 11.1 Å². The van der Waals surface area contributed by atoms with Gasteiger partial charge in [-0.25, -0.2) is 0 Å². The molecule has 1 heteroatoms. The minimum atomic E-state index is 0.315. The van der Waals surface area contributed by atoms with Gasteiger partial charge in [-0.05, 0) is 63.5 Å². The summed E-state index contributed by atoms with van der Waals surface area (Å²) in [6, 6.07) is 9.85. The van der Waals surface area contributed by atoms with Crippen LogP contribution in [0.2, 0.25) is 0 Å². The van der Waals surface area contributed by atoms with Gasteiger partial charge in [0, 0.05) is 18.1 Å². The van der Waals surface area contributed by atoms with Crippen molar-refractivity contribution in [1.82, 2.24) is 4.90 Å². The summed E-state index contributed by atoms with van der Waals surface area (Å²) in [5, 5.41) is 0. The van der Waals surface area contributed by atoms with Gasteiger partial charge in [-0.15, -0.1) is 0 Å². The predicted octanol–water partition coefficient (Wildman–Crippen LogP) is 3.66. The molecule has 0 radical (unpaired) electrons. The molecule has 3 aliphatic rings. The molecule has 0 spiro atoms. The van der Waals surface area contributed by atoms with Crippen molar-refractivity contribution in [3.05, 3.63) is 35.4 Å². The van der Waals surface area contributed by atoms with Crippen LogP contribution in [-0.4, -0.2) is 23.0 Å². The summed E-state index contributed by atoms with van der Waals surface area (Å²) in [5.74, 6) is 0.863. The lowest BCUT2D eigenvalue weighted by atomic mass is 9.78. The van der Waals surface area contributed by atoms with Crippen molar-refractivity contribution in [2.24, 2.45) is 5.92 Å². The Morgan fingerprint density at radius 1 is 1.00 bits per heavy atom. The van der Waals surface area contributed by atoms with Gasteiger partial charge in [0.25, 0.3) is 0 Å². The van der Waals surface area contributed by atoms with E-state index in [0.717, 1.165) is 12.0 Å². The lowest BCUT2D eigenvalue weighted by Gasteiger charge is -2.49. The Hall–Kier alpha value is -0.820. The first-order valence-corrected chi connectivity index (χ1v) is 7.37. The number of hydrogen-bond acceptors (Lipinski definition) is 1. The van der Waals surface area contributed by atoms with Gasteiger partial charge in [0.1, 0.15) is 0 Å². The van der Waals surface area contributed by atoms with Gasteiger partial charge in [-0.1, -0.05) is 24.3 Å². The number of hydrogen-bond donors (Lipinski definition) is 0. The number of rotatable bonds is 0. The van der Waals surface area contributed by atoms with Gasteiger partial charge in [-0.3, -0.25) is 4.90 Å². The topological polar surface area (TPSA) is 3.24 Å². The molecule has 0 amide bonds. The molecule has 98 valence electrons. The van der Waals surface area contributed by atoms with E-state index in [1.807, 2.05) is 0 Å². The molecular weight excluding hydrogens is 218 g/mol. The molecule has 1 aromatic rings. The van der Waals surface area contributed by atoms with Crippen molar-refractivity contribution in [3.63, 3.8) is 0 Å². The number of nitrogens with zero attached hydrogens (tertiary/aromatic N) is 1. The summed E-state index contributed by atoms with van der Waals surface area (Å²) in [6.45, 7) is 8.41. The standard InChI is InChI=1S/C17H25N/c1-17(2,3)18-12-13-8-9-16(18)11-15-7-5-4-6-14(15)10-13/h4-7,13,16H,8-12H2,1-3H3/t13-,16+/m1/s1. The number of benzene rings is 1. The molecule has 0 aromatic heterocycles. The SMILES string of the molecule is CC(C)(C)N1C[C@@H]2CC[C@H]1Cc1ccccc1C2. The summed E-state index contributed by atoms with van der Waals surface area (Å²) in [7, 11) is 0. The van der Waals surface area contributed by atoms with E-state index in [-0.39, 0.29) is 0 Å². The fourth-order valence-electron chi connectivity index (χ4n) is 3.82. The van der Waals surface area contributed by atoms with Crippen molar-refractivity contribution in [2.45, 2.75) is 58.0 Å². The van der Waals surface area contributed by atoms with Crippen LogP contribution in [0.4, 0.5) is 0 Å². The lowest BCUT2D eigenvalue weighted by molar-refractivity contribution is 0.0216. The van der Waals surface area contributed by atoms with Gasteiger partial charge in [0.15, 0.2) is 0 Å². The summed E-state index contributed by atoms with van der Waals surface area (Å²) in [6.07, 6.45) is 5.34. The molecule has 2 bridgehead atoms. The molecule has 2 atom stereocenters. The zero-order valence-corrected chi connectivity index (χ0v) is 11.9. The molecule has 1 aromatic carbocycles. The van der Waals surface area contributed by atoms with Crippen molar-refractivity contribution in [3.8, 4) is 0 Å². The maximum Gasteiger partial charge on any atom is 0.0141 e. The van der Waals surface area contributed by atoms with Gasteiger partial charge >= 0.3 is 0 Å². The Morgan fingerprint density at radius 2 is 1.67 bits per heavy atom. The van der Waals surface area contributed by atoms with Crippen LogP contribution in [0, 0.1) is 5.92 Å². The Morgan fingerprint density at radius 3 is 2.33 bits per heavy atom. The molecule has 1 fully saturated rings. The maximum atomic E-state index is 2.76. The Bertz CT molecular complexity index is 429. The molecule has 2 heterocycles. The van der Waals surface area contributed by atoms with Crippen LogP contribution in [0.3, 0.4) is 0 Å². The third kappa shape index (κ3) is 2.21. The van der Waals surface area contributed by atoms with E-state index in [2.05, 4.69) is 49.9 Å². The monoisotopic (exact) mass is 243 g/mol. The summed E-state index contributed by atoms with van der Waals surface area (Å²) in [4.78, 5) is 2.76. The molecule has 1 aliphatic carbocycles. The van der Waals surface area contributed by atoms with Crippen molar-refractivity contribution in [1.29, 1.82) is 0 Å². The molecule has 18 heavy (non-hydrogen) atoms.